The van der Waals surface area contributed by atoms with E-state index in [-0.39, 0.29) is 17.6 Å². The van der Waals surface area contributed by atoms with Crippen LogP contribution < -0.4 is 10.1 Å². The minimum atomic E-state index is -0.395. The van der Waals surface area contributed by atoms with Gasteiger partial charge in [-0.3, -0.25) is 4.79 Å². The van der Waals surface area contributed by atoms with Gasteiger partial charge in [-0.1, -0.05) is 40.7 Å². The summed E-state index contributed by atoms with van der Waals surface area (Å²) >= 11 is 0. The molecule has 1 amide bonds. The number of nitrogens with one attached hydrogen (secondary N) is 1. The van der Waals surface area contributed by atoms with Crippen LogP contribution in [0.5, 0.6) is 5.75 Å². The average molecular weight is 325 g/mol. The van der Waals surface area contributed by atoms with E-state index in [9.17, 15) is 9.18 Å². The van der Waals surface area contributed by atoms with Crippen LogP contribution in [0.15, 0.2) is 18.2 Å². The van der Waals surface area contributed by atoms with Crippen molar-refractivity contribution in [2.45, 2.75) is 40.5 Å². The summed E-state index contributed by atoms with van der Waals surface area (Å²) < 4.78 is 24.3. The highest BCUT2D eigenvalue weighted by atomic mass is 19.1. The molecule has 0 radical (unpaired) electrons. The minimum Gasteiger partial charge on any atom is -0.491 e. The van der Waals surface area contributed by atoms with Crippen LogP contribution in [0.25, 0.3) is 0 Å². The molecule has 1 N–H and O–H groups in total. The lowest BCUT2D eigenvalue weighted by atomic mass is 9.96. The molecule has 4 nitrogen and oxygen atoms in total. The van der Waals surface area contributed by atoms with E-state index in [1.54, 1.807) is 6.07 Å². The van der Waals surface area contributed by atoms with Crippen LogP contribution in [0.1, 0.15) is 46.1 Å². The molecular formula is C18H28FNO3. The van der Waals surface area contributed by atoms with Crippen molar-refractivity contribution in [2.75, 3.05) is 26.4 Å². The van der Waals surface area contributed by atoms with Crippen LogP contribution in [0.3, 0.4) is 0 Å². The summed E-state index contributed by atoms with van der Waals surface area (Å²) in [5.41, 5.74) is 0.581. The summed E-state index contributed by atoms with van der Waals surface area (Å²) in [5, 5.41) is 2.81. The normalized spacial score (nSPS) is 11.6. The van der Waals surface area contributed by atoms with Crippen molar-refractivity contribution in [2.24, 2.45) is 5.41 Å². The fraction of sp³-hybridized carbons (Fsp3) is 0.611. The Balaban J connectivity index is 2.26. The Labute approximate surface area is 138 Å². The Kier molecular flexibility index (Phi) is 7.49. The van der Waals surface area contributed by atoms with Crippen molar-refractivity contribution in [3.05, 3.63) is 29.6 Å². The first-order valence-electron chi connectivity index (χ1n) is 8.00. The molecule has 0 aromatic heterocycles. The lowest BCUT2D eigenvalue weighted by Gasteiger charge is -2.17. The van der Waals surface area contributed by atoms with Crippen molar-refractivity contribution in [3.8, 4) is 5.75 Å². The van der Waals surface area contributed by atoms with Crippen molar-refractivity contribution in [1.29, 1.82) is 0 Å². The van der Waals surface area contributed by atoms with E-state index in [4.69, 9.17) is 9.47 Å². The van der Waals surface area contributed by atoms with Crippen LogP contribution in [0.2, 0.25) is 0 Å². The fourth-order valence-electron chi connectivity index (χ4n) is 1.92. The molecule has 5 heteroatoms. The van der Waals surface area contributed by atoms with Crippen molar-refractivity contribution < 1.29 is 18.7 Å². The number of halogens is 1. The smallest absolute Gasteiger partial charge is 0.225 e. The fourth-order valence-corrected chi connectivity index (χ4v) is 1.92. The molecule has 1 aromatic rings. The Morgan fingerprint density at radius 3 is 2.52 bits per heavy atom. The number of benzene rings is 1. The zero-order valence-electron chi connectivity index (χ0n) is 14.7. The summed E-state index contributed by atoms with van der Waals surface area (Å²) in [4.78, 5) is 11.6. The number of amides is 1. The van der Waals surface area contributed by atoms with Crippen molar-refractivity contribution in [3.63, 3.8) is 0 Å². The third-order valence-electron chi connectivity index (χ3n) is 3.30. The van der Waals surface area contributed by atoms with E-state index in [0.717, 1.165) is 5.56 Å². The molecule has 0 aliphatic heterocycles. The van der Waals surface area contributed by atoms with Crippen LogP contribution in [-0.4, -0.2) is 32.3 Å². The van der Waals surface area contributed by atoms with Crippen LogP contribution in [-0.2, 0) is 9.53 Å². The monoisotopic (exact) mass is 325 g/mol. The molecule has 130 valence electrons. The van der Waals surface area contributed by atoms with Crippen LogP contribution in [0, 0.1) is 11.2 Å². The SMILES string of the molecule is CC(C)c1ccc(F)cc1OCCOCCNC(=O)C(C)(C)C. The Morgan fingerprint density at radius 2 is 1.91 bits per heavy atom. The van der Waals surface area contributed by atoms with Gasteiger partial charge in [-0.05, 0) is 17.5 Å². The molecule has 0 saturated heterocycles. The molecule has 0 aliphatic carbocycles. The molecule has 0 fully saturated rings. The molecule has 1 aromatic carbocycles. The van der Waals surface area contributed by atoms with Gasteiger partial charge in [-0.15, -0.1) is 0 Å². The maximum atomic E-state index is 13.3. The molecule has 0 unspecified atom stereocenters. The van der Waals surface area contributed by atoms with Crippen molar-refractivity contribution >= 4 is 5.91 Å². The number of ether oxygens (including phenoxy) is 2. The predicted octanol–water partition coefficient (Wildman–Crippen LogP) is 3.51. The van der Waals surface area contributed by atoms with Gasteiger partial charge in [0.25, 0.3) is 0 Å². The lowest BCUT2D eigenvalue weighted by Crippen LogP contribution is -2.36. The van der Waals surface area contributed by atoms with Gasteiger partial charge in [0.2, 0.25) is 5.91 Å². The van der Waals surface area contributed by atoms with Gasteiger partial charge < -0.3 is 14.8 Å². The zero-order valence-corrected chi connectivity index (χ0v) is 14.7. The molecule has 0 aliphatic rings. The highest BCUT2D eigenvalue weighted by Crippen LogP contribution is 2.27. The average Bonchev–Trinajstić information content (AvgIpc) is 2.44. The largest absolute Gasteiger partial charge is 0.491 e. The summed E-state index contributed by atoms with van der Waals surface area (Å²) in [6.07, 6.45) is 0. The van der Waals surface area contributed by atoms with Gasteiger partial charge in [0.1, 0.15) is 18.2 Å². The molecule has 0 spiro atoms. The standard InChI is InChI=1S/C18H28FNO3/c1-13(2)15-7-6-14(19)12-16(15)23-11-10-22-9-8-20-17(21)18(3,4)5/h6-7,12-13H,8-11H2,1-5H3,(H,20,21). The first-order valence-corrected chi connectivity index (χ1v) is 8.00. The second-order valence-corrected chi connectivity index (χ2v) is 6.80. The van der Waals surface area contributed by atoms with E-state index in [0.29, 0.717) is 32.1 Å². The third-order valence-corrected chi connectivity index (χ3v) is 3.30. The molecule has 0 heterocycles. The summed E-state index contributed by atoms with van der Waals surface area (Å²) in [7, 11) is 0. The minimum absolute atomic E-state index is 0.00122. The first-order chi connectivity index (χ1) is 10.7. The van der Waals surface area contributed by atoms with E-state index in [2.05, 4.69) is 5.32 Å². The van der Waals surface area contributed by atoms with E-state index < -0.39 is 5.41 Å². The van der Waals surface area contributed by atoms with Crippen LogP contribution >= 0.6 is 0 Å². The Hall–Kier alpha value is -1.62. The number of hydrogen-bond donors (Lipinski definition) is 1. The van der Waals surface area contributed by atoms with Gasteiger partial charge in [0, 0.05) is 18.0 Å². The maximum Gasteiger partial charge on any atom is 0.225 e. The van der Waals surface area contributed by atoms with Gasteiger partial charge in [-0.2, -0.15) is 0 Å². The third kappa shape index (κ3) is 6.99. The highest BCUT2D eigenvalue weighted by Gasteiger charge is 2.20. The van der Waals surface area contributed by atoms with Gasteiger partial charge >= 0.3 is 0 Å². The second-order valence-electron chi connectivity index (χ2n) is 6.80. The van der Waals surface area contributed by atoms with Gasteiger partial charge in [0.15, 0.2) is 0 Å². The van der Waals surface area contributed by atoms with Crippen molar-refractivity contribution in [1.82, 2.24) is 5.32 Å². The molecule has 0 saturated carbocycles. The Bertz CT molecular complexity index is 509. The number of hydrogen-bond acceptors (Lipinski definition) is 3. The topological polar surface area (TPSA) is 47.6 Å². The van der Waals surface area contributed by atoms with E-state index >= 15 is 0 Å². The number of rotatable bonds is 8. The van der Waals surface area contributed by atoms with E-state index in [1.807, 2.05) is 34.6 Å². The van der Waals surface area contributed by atoms with Gasteiger partial charge in [0.05, 0.1) is 13.2 Å². The molecule has 1 rings (SSSR count). The van der Waals surface area contributed by atoms with Crippen LogP contribution in [0.4, 0.5) is 4.39 Å². The van der Waals surface area contributed by atoms with Gasteiger partial charge in [-0.25, -0.2) is 4.39 Å². The zero-order chi connectivity index (χ0) is 17.5. The quantitative estimate of drug-likeness (QED) is 0.744. The lowest BCUT2D eigenvalue weighted by molar-refractivity contribution is -0.128. The summed E-state index contributed by atoms with van der Waals surface area (Å²) in [6, 6.07) is 4.59. The summed E-state index contributed by atoms with van der Waals surface area (Å²) in [5.74, 6) is 0.512. The number of carbonyl (C=O) groups excluding carboxylic acids is 1. The molecular weight excluding hydrogens is 297 g/mol. The first kappa shape index (κ1) is 19.4. The Morgan fingerprint density at radius 1 is 1.22 bits per heavy atom. The highest BCUT2D eigenvalue weighted by molar-refractivity contribution is 5.81. The molecule has 23 heavy (non-hydrogen) atoms. The second kappa shape index (κ2) is 8.87. The molecule has 0 bridgehead atoms. The maximum absolute atomic E-state index is 13.3. The summed E-state index contributed by atoms with van der Waals surface area (Å²) in [6.45, 7) is 11.3. The predicted molar refractivity (Wildman–Crippen MR) is 89.3 cm³/mol. The van der Waals surface area contributed by atoms with E-state index in [1.165, 1.54) is 12.1 Å². The number of carbonyl (C=O) groups is 1. The molecule has 0 atom stereocenters.